The maximum absolute atomic E-state index is 12.3. The molecular formula is C19H20N3O5+. The van der Waals surface area contributed by atoms with Crippen molar-refractivity contribution in [1.82, 2.24) is 10.2 Å². The van der Waals surface area contributed by atoms with Crippen LogP contribution in [0.1, 0.15) is 5.69 Å². The molecule has 1 N–H and O–H groups in total. The second-order valence-electron chi connectivity index (χ2n) is 5.81. The molecule has 0 aliphatic carbocycles. The number of nitrogens with one attached hydrogen (secondary N) is 1. The molecule has 0 bridgehead atoms. The van der Waals surface area contributed by atoms with Crippen LogP contribution in [0, 0.1) is 0 Å². The van der Waals surface area contributed by atoms with Gasteiger partial charge in [0, 0.05) is 19.2 Å². The van der Waals surface area contributed by atoms with Crippen LogP contribution in [0.4, 0.5) is 0 Å². The van der Waals surface area contributed by atoms with Crippen LogP contribution in [0.3, 0.4) is 0 Å². The number of aromatic nitrogens is 2. The van der Waals surface area contributed by atoms with E-state index in [1.165, 1.54) is 9.58 Å². The van der Waals surface area contributed by atoms with Crippen molar-refractivity contribution in [2.75, 3.05) is 20.8 Å². The molecule has 1 aromatic heterocycles. The van der Waals surface area contributed by atoms with Gasteiger partial charge in [-0.3, -0.25) is 9.32 Å². The average molecular weight is 370 g/mol. The number of likely N-dealkylation sites (N-methyl/N-ethyl adjacent to an activating group) is 1. The number of methoxy groups -OCH3 is 1. The molecule has 0 radical (unpaired) electrons. The maximum Gasteiger partial charge on any atom is 0.432 e. The normalized spacial score (nSPS) is 10.4. The van der Waals surface area contributed by atoms with E-state index in [9.17, 15) is 9.59 Å². The molecule has 0 atom stereocenters. The van der Waals surface area contributed by atoms with Crippen molar-refractivity contribution in [2.45, 2.75) is 6.54 Å². The fourth-order valence-corrected chi connectivity index (χ4v) is 2.45. The van der Waals surface area contributed by atoms with Crippen LogP contribution < -0.4 is 19.8 Å². The van der Waals surface area contributed by atoms with Crippen LogP contribution in [0.15, 0.2) is 63.9 Å². The third kappa shape index (κ3) is 4.35. The molecule has 27 heavy (non-hydrogen) atoms. The predicted molar refractivity (Wildman–Crippen MR) is 95.8 cm³/mol. The Bertz CT molecular complexity index is 947. The average Bonchev–Trinajstić information content (AvgIpc) is 3.07. The van der Waals surface area contributed by atoms with Gasteiger partial charge in [-0.15, -0.1) is 0 Å². The van der Waals surface area contributed by atoms with E-state index in [4.69, 9.17) is 14.0 Å². The summed E-state index contributed by atoms with van der Waals surface area (Å²) in [5.41, 5.74) is 0.420. The van der Waals surface area contributed by atoms with Gasteiger partial charge < -0.3 is 14.4 Å². The summed E-state index contributed by atoms with van der Waals surface area (Å²) in [5, 5.41) is 2.55. The van der Waals surface area contributed by atoms with Crippen LogP contribution in [0.25, 0.3) is 5.69 Å². The summed E-state index contributed by atoms with van der Waals surface area (Å²) in [6.07, 6.45) is 0. The van der Waals surface area contributed by atoms with E-state index in [0.29, 0.717) is 17.2 Å². The van der Waals surface area contributed by atoms with Gasteiger partial charge in [-0.05, 0) is 34.2 Å². The number of benzene rings is 2. The van der Waals surface area contributed by atoms with Crippen molar-refractivity contribution in [3.05, 3.63) is 70.7 Å². The second kappa shape index (κ2) is 8.22. The highest BCUT2D eigenvalue weighted by molar-refractivity contribution is 5.77. The van der Waals surface area contributed by atoms with E-state index >= 15 is 0 Å². The summed E-state index contributed by atoms with van der Waals surface area (Å²) in [6.45, 7) is -0.0619. The zero-order chi connectivity index (χ0) is 19.2. The number of amides is 1. The van der Waals surface area contributed by atoms with Gasteiger partial charge in [0.1, 0.15) is 18.0 Å². The molecule has 1 heterocycles. The topological polar surface area (TPSA) is 88.7 Å². The van der Waals surface area contributed by atoms with E-state index in [1.807, 2.05) is 18.2 Å². The molecule has 0 spiro atoms. The number of hydrogen-bond acceptors (Lipinski definition) is 5. The van der Waals surface area contributed by atoms with Crippen molar-refractivity contribution in [3.63, 3.8) is 0 Å². The number of hydrogen-bond donors (Lipinski definition) is 1. The van der Waals surface area contributed by atoms with Gasteiger partial charge in [0.2, 0.25) is 5.69 Å². The van der Waals surface area contributed by atoms with Gasteiger partial charge in [0.05, 0.1) is 7.11 Å². The summed E-state index contributed by atoms with van der Waals surface area (Å²) in [4.78, 5) is 25.8. The number of para-hydroxylation sites is 1. The Labute approximate surface area is 155 Å². The zero-order valence-corrected chi connectivity index (χ0v) is 15.0. The van der Waals surface area contributed by atoms with E-state index < -0.39 is 5.63 Å². The summed E-state index contributed by atoms with van der Waals surface area (Å²) in [6, 6.07) is 16.1. The quantitative estimate of drug-likeness (QED) is 0.633. The van der Waals surface area contributed by atoms with Crippen molar-refractivity contribution in [3.8, 4) is 17.2 Å². The second-order valence-corrected chi connectivity index (χ2v) is 5.81. The Kier molecular flexibility index (Phi) is 5.55. The minimum absolute atomic E-state index is 0.0643. The molecule has 3 aromatic rings. The number of H-pyrrole nitrogens is 1. The first-order chi connectivity index (χ1) is 13.1. The Hall–Kier alpha value is -3.55. The molecular weight excluding hydrogens is 350 g/mol. The van der Waals surface area contributed by atoms with Gasteiger partial charge in [0.25, 0.3) is 5.91 Å². The van der Waals surface area contributed by atoms with Gasteiger partial charge in [-0.25, -0.2) is 4.79 Å². The fraction of sp³-hybridized carbons (Fsp3) is 0.211. The first-order valence-corrected chi connectivity index (χ1v) is 8.27. The molecule has 0 saturated carbocycles. The molecule has 8 heteroatoms. The molecule has 0 aliphatic rings. The number of aromatic amines is 1. The number of carbonyl (C=O) groups is 1. The third-order valence-corrected chi connectivity index (χ3v) is 3.98. The van der Waals surface area contributed by atoms with Crippen molar-refractivity contribution in [2.24, 2.45) is 0 Å². The smallest absolute Gasteiger partial charge is 0.432 e. The van der Waals surface area contributed by atoms with Gasteiger partial charge >= 0.3 is 11.3 Å². The van der Waals surface area contributed by atoms with Crippen LogP contribution >= 0.6 is 0 Å². The summed E-state index contributed by atoms with van der Waals surface area (Å²) < 4.78 is 17.0. The Morgan fingerprint density at radius 3 is 2.48 bits per heavy atom. The molecule has 0 unspecified atom stereocenters. The molecule has 0 fully saturated rings. The number of carbonyl (C=O) groups excluding carboxylic acids is 1. The fourth-order valence-electron chi connectivity index (χ4n) is 2.45. The zero-order valence-electron chi connectivity index (χ0n) is 15.0. The van der Waals surface area contributed by atoms with Gasteiger partial charge in [0.15, 0.2) is 6.61 Å². The number of ether oxygens (including phenoxy) is 2. The summed E-state index contributed by atoms with van der Waals surface area (Å²) >= 11 is 0. The minimum Gasteiger partial charge on any atom is -0.497 e. The lowest BCUT2D eigenvalue weighted by Gasteiger charge is -2.14. The van der Waals surface area contributed by atoms with E-state index in [1.54, 1.807) is 50.6 Å². The minimum atomic E-state index is -0.547. The van der Waals surface area contributed by atoms with Crippen molar-refractivity contribution in [1.29, 1.82) is 0 Å². The Morgan fingerprint density at radius 1 is 1.11 bits per heavy atom. The molecule has 1 amide bonds. The molecule has 0 aliphatic heterocycles. The van der Waals surface area contributed by atoms with E-state index in [-0.39, 0.29) is 24.8 Å². The molecule has 8 nitrogen and oxygen atoms in total. The van der Waals surface area contributed by atoms with Gasteiger partial charge in [-0.2, -0.15) is 0 Å². The van der Waals surface area contributed by atoms with Crippen molar-refractivity contribution < 1.29 is 23.5 Å². The third-order valence-electron chi connectivity index (χ3n) is 3.98. The predicted octanol–water partition coefficient (Wildman–Crippen LogP) is 1.29. The molecule has 2 aromatic carbocycles. The first-order valence-electron chi connectivity index (χ1n) is 8.27. The SMILES string of the molecule is COc1ccc(-[n+]2[nH]oc(=O)c2CN(C)C(=O)COc2ccccc2)cc1. The lowest BCUT2D eigenvalue weighted by atomic mass is 10.3. The number of nitrogens with zero attached hydrogens (tertiary/aromatic N) is 2. The first kappa shape index (κ1) is 18.2. The Balaban J connectivity index is 1.70. The standard InChI is InChI=1S/C19H19N3O5/c1-21(18(23)13-26-16-6-4-3-5-7-16)12-17-19(24)27-20-22(17)14-8-10-15(25-2)11-9-14/h3-11H,12-13H2,1-2H3/p+1. The van der Waals surface area contributed by atoms with Crippen molar-refractivity contribution >= 4 is 5.91 Å². The Morgan fingerprint density at radius 2 is 1.81 bits per heavy atom. The lowest BCUT2D eigenvalue weighted by Crippen LogP contribution is -2.43. The molecule has 140 valence electrons. The monoisotopic (exact) mass is 370 g/mol. The van der Waals surface area contributed by atoms with E-state index in [2.05, 4.69) is 5.27 Å². The van der Waals surface area contributed by atoms with Crippen LogP contribution in [0.5, 0.6) is 11.5 Å². The summed E-state index contributed by atoms with van der Waals surface area (Å²) in [5.74, 6) is 1.03. The maximum atomic E-state index is 12.3. The van der Waals surface area contributed by atoms with E-state index in [0.717, 1.165) is 0 Å². The lowest BCUT2D eigenvalue weighted by molar-refractivity contribution is -0.678. The highest BCUT2D eigenvalue weighted by Crippen LogP contribution is 2.11. The largest absolute Gasteiger partial charge is 0.497 e. The highest BCUT2D eigenvalue weighted by Gasteiger charge is 2.26. The van der Waals surface area contributed by atoms with Gasteiger partial charge in [-0.1, -0.05) is 18.2 Å². The number of rotatable bonds is 7. The summed E-state index contributed by atoms with van der Waals surface area (Å²) in [7, 11) is 3.17. The van der Waals surface area contributed by atoms with Crippen LogP contribution in [-0.2, 0) is 11.3 Å². The molecule has 0 saturated heterocycles. The molecule has 3 rings (SSSR count). The van der Waals surface area contributed by atoms with Crippen LogP contribution in [-0.4, -0.2) is 36.8 Å². The van der Waals surface area contributed by atoms with Crippen LogP contribution in [0.2, 0.25) is 0 Å². The highest BCUT2D eigenvalue weighted by atomic mass is 16.5.